The highest BCUT2D eigenvalue weighted by Gasteiger charge is 2.24. The lowest BCUT2D eigenvalue weighted by molar-refractivity contribution is -0.111. The summed E-state index contributed by atoms with van der Waals surface area (Å²) in [6.45, 7) is 0. The van der Waals surface area contributed by atoms with E-state index in [-0.39, 0.29) is 16.9 Å². The lowest BCUT2D eigenvalue weighted by Gasteiger charge is -2.04. The van der Waals surface area contributed by atoms with Gasteiger partial charge in [0.2, 0.25) is 0 Å². The third kappa shape index (κ3) is 4.46. The second-order valence-corrected chi connectivity index (χ2v) is 7.00. The Kier molecular flexibility index (Phi) is 6.01. The van der Waals surface area contributed by atoms with Crippen molar-refractivity contribution < 1.29 is 44.4 Å². The first kappa shape index (κ1) is 22.2. The molecule has 0 aliphatic heterocycles. The second kappa shape index (κ2) is 8.68. The molecular weight excluding hydrogens is 420 g/mol. The molecule has 9 heteroatoms. The van der Waals surface area contributed by atoms with Crippen molar-refractivity contribution in [3.63, 3.8) is 0 Å². The van der Waals surface area contributed by atoms with Gasteiger partial charge in [0.1, 0.15) is 0 Å². The normalized spacial score (nSPS) is 15.8. The van der Waals surface area contributed by atoms with E-state index in [1.165, 1.54) is 36.4 Å². The molecule has 1 saturated carbocycles. The van der Waals surface area contributed by atoms with Gasteiger partial charge in [0.05, 0.1) is 22.3 Å². The van der Waals surface area contributed by atoms with E-state index in [2.05, 4.69) is 0 Å². The molecule has 0 amide bonds. The van der Waals surface area contributed by atoms with Crippen LogP contribution in [0.4, 0.5) is 0 Å². The molecule has 32 heavy (non-hydrogen) atoms. The summed E-state index contributed by atoms with van der Waals surface area (Å²) in [5.41, 5.74) is -0.0332. The summed E-state index contributed by atoms with van der Waals surface area (Å²) >= 11 is 0. The Morgan fingerprint density at radius 2 is 0.938 bits per heavy atom. The van der Waals surface area contributed by atoms with Crippen molar-refractivity contribution in [1.82, 2.24) is 0 Å². The van der Waals surface area contributed by atoms with Gasteiger partial charge in [0, 0.05) is 11.1 Å². The second-order valence-electron chi connectivity index (χ2n) is 7.00. The number of allylic oxidation sites excluding steroid dienone is 2. The number of benzene rings is 2. The van der Waals surface area contributed by atoms with E-state index >= 15 is 0 Å². The molecule has 0 bridgehead atoms. The first-order valence-electron chi connectivity index (χ1n) is 9.25. The molecule has 0 atom stereocenters. The fourth-order valence-corrected chi connectivity index (χ4v) is 3.41. The monoisotopic (exact) mass is 436 g/mol. The van der Waals surface area contributed by atoms with Gasteiger partial charge in [0.25, 0.3) is 0 Å². The highest BCUT2D eigenvalue weighted by Crippen LogP contribution is 2.30. The van der Waals surface area contributed by atoms with Gasteiger partial charge >= 0.3 is 23.9 Å². The predicted molar refractivity (Wildman–Crippen MR) is 111 cm³/mol. The maximum atomic E-state index is 12.7. The van der Waals surface area contributed by atoms with Gasteiger partial charge in [-0.05, 0) is 60.4 Å². The molecular formula is C23H16O9. The lowest BCUT2D eigenvalue weighted by atomic mass is 10.0. The zero-order chi connectivity index (χ0) is 23.6. The van der Waals surface area contributed by atoms with Crippen molar-refractivity contribution in [2.75, 3.05) is 0 Å². The smallest absolute Gasteiger partial charge is 0.336 e. The van der Waals surface area contributed by atoms with Crippen molar-refractivity contribution >= 4 is 41.8 Å². The van der Waals surface area contributed by atoms with Gasteiger partial charge in [-0.2, -0.15) is 0 Å². The molecule has 1 aliphatic carbocycles. The molecule has 2 aromatic rings. The van der Waals surface area contributed by atoms with Crippen LogP contribution in [0.25, 0.3) is 12.2 Å². The van der Waals surface area contributed by atoms with Crippen LogP contribution in [0.1, 0.15) is 65.4 Å². The third-order valence-corrected chi connectivity index (χ3v) is 4.94. The number of hydrogen-bond donors (Lipinski definition) is 4. The Balaban J connectivity index is 1.93. The molecule has 0 unspecified atom stereocenters. The van der Waals surface area contributed by atoms with Crippen LogP contribution in [0, 0.1) is 0 Å². The Hall–Kier alpha value is -4.53. The van der Waals surface area contributed by atoms with E-state index in [9.17, 15) is 34.2 Å². The number of Topliss-reactive ketones (excluding diaryl/α,β-unsaturated/α-hetero) is 1. The van der Waals surface area contributed by atoms with Crippen LogP contribution in [0.3, 0.4) is 0 Å². The number of aromatic carboxylic acids is 4. The fraction of sp³-hybridized carbons (Fsp3) is 0.0870. The van der Waals surface area contributed by atoms with E-state index in [4.69, 9.17) is 10.2 Å². The number of carboxylic acids is 4. The quantitative estimate of drug-likeness (QED) is 0.497. The average molecular weight is 436 g/mol. The SMILES string of the molecule is O=C1C(=Cc2ccc(C(=O)O)c(C(=O)O)c2)CCC1=Cc1ccc(C(=O)O)c(C(=O)O)c1. The van der Waals surface area contributed by atoms with Crippen LogP contribution in [0.5, 0.6) is 0 Å². The van der Waals surface area contributed by atoms with Crippen molar-refractivity contribution in [1.29, 1.82) is 0 Å². The summed E-state index contributed by atoms with van der Waals surface area (Å²) in [6.07, 6.45) is 3.67. The standard InChI is InChI=1S/C23H16O9/c24-19-13(7-11-1-5-15(20(25)26)17(9-11)22(29)30)3-4-14(19)8-12-2-6-16(21(27)28)18(10-12)23(31)32/h1-2,5-10H,3-4H2,(H,25,26)(H,27,28)(H,29,30)(H,31,32). The number of carboxylic acid groups (broad SMARTS) is 4. The topological polar surface area (TPSA) is 166 Å². The lowest BCUT2D eigenvalue weighted by Crippen LogP contribution is -2.08. The van der Waals surface area contributed by atoms with E-state index in [1.54, 1.807) is 0 Å². The molecule has 162 valence electrons. The Labute approximate surface area is 180 Å². The Morgan fingerprint density at radius 3 is 1.25 bits per heavy atom. The Bertz CT molecular complexity index is 1150. The van der Waals surface area contributed by atoms with Crippen LogP contribution in [-0.2, 0) is 4.79 Å². The van der Waals surface area contributed by atoms with Crippen molar-refractivity contribution in [3.8, 4) is 0 Å². The van der Waals surface area contributed by atoms with Gasteiger partial charge in [-0.3, -0.25) is 4.79 Å². The predicted octanol–water partition coefficient (Wildman–Crippen LogP) is 3.31. The molecule has 3 rings (SSSR count). The van der Waals surface area contributed by atoms with E-state index < -0.39 is 35.0 Å². The van der Waals surface area contributed by atoms with E-state index in [1.807, 2.05) is 0 Å². The van der Waals surface area contributed by atoms with Gasteiger partial charge in [-0.25, -0.2) is 19.2 Å². The molecule has 0 saturated heterocycles. The summed E-state index contributed by atoms with van der Waals surface area (Å²) in [5.74, 6) is -5.87. The van der Waals surface area contributed by atoms with E-state index in [0.717, 1.165) is 12.1 Å². The summed E-state index contributed by atoms with van der Waals surface area (Å²) in [4.78, 5) is 57.8. The average Bonchev–Trinajstić information content (AvgIpc) is 3.06. The number of ketones is 1. The summed E-state index contributed by atoms with van der Waals surface area (Å²) in [7, 11) is 0. The number of carbonyl (C=O) groups excluding carboxylic acids is 1. The summed E-state index contributed by atoms with van der Waals surface area (Å²) in [6, 6.07) is 7.48. The zero-order valence-electron chi connectivity index (χ0n) is 16.4. The maximum absolute atomic E-state index is 12.7. The van der Waals surface area contributed by atoms with Crippen molar-refractivity contribution in [2.24, 2.45) is 0 Å². The minimum atomic E-state index is -1.40. The molecule has 9 nitrogen and oxygen atoms in total. The van der Waals surface area contributed by atoms with Gasteiger partial charge in [0.15, 0.2) is 5.78 Å². The fourth-order valence-electron chi connectivity index (χ4n) is 3.41. The molecule has 4 N–H and O–H groups in total. The third-order valence-electron chi connectivity index (χ3n) is 4.94. The molecule has 0 radical (unpaired) electrons. The van der Waals surface area contributed by atoms with Crippen molar-refractivity contribution in [3.05, 3.63) is 80.9 Å². The Morgan fingerprint density at radius 1 is 0.594 bits per heavy atom. The van der Waals surface area contributed by atoms with Gasteiger partial charge in [-0.1, -0.05) is 12.1 Å². The van der Waals surface area contributed by atoms with Gasteiger partial charge in [-0.15, -0.1) is 0 Å². The zero-order valence-corrected chi connectivity index (χ0v) is 16.4. The molecule has 0 aromatic heterocycles. The first-order valence-corrected chi connectivity index (χ1v) is 9.25. The molecule has 1 aliphatic rings. The minimum absolute atomic E-state index is 0.316. The largest absolute Gasteiger partial charge is 0.478 e. The molecule has 0 spiro atoms. The van der Waals surface area contributed by atoms with Crippen LogP contribution in [0.2, 0.25) is 0 Å². The van der Waals surface area contributed by atoms with E-state index in [0.29, 0.717) is 35.1 Å². The number of carbonyl (C=O) groups is 5. The van der Waals surface area contributed by atoms with Crippen molar-refractivity contribution in [2.45, 2.75) is 12.8 Å². The highest BCUT2D eigenvalue weighted by atomic mass is 16.4. The molecule has 2 aromatic carbocycles. The molecule has 0 heterocycles. The van der Waals surface area contributed by atoms with Crippen LogP contribution in [-0.4, -0.2) is 50.1 Å². The van der Waals surface area contributed by atoms with Crippen LogP contribution in [0.15, 0.2) is 47.5 Å². The number of rotatable bonds is 6. The molecule has 1 fully saturated rings. The number of hydrogen-bond acceptors (Lipinski definition) is 5. The highest BCUT2D eigenvalue weighted by molar-refractivity contribution is 6.16. The maximum Gasteiger partial charge on any atom is 0.336 e. The first-order chi connectivity index (χ1) is 15.1. The van der Waals surface area contributed by atoms with Crippen LogP contribution < -0.4 is 0 Å². The summed E-state index contributed by atoms with van der Waals surface area (Å²) < 4.78 is 0. The minimum Gasteiger partial charge on any atom is -0.478 e. The van der Waals surface area contributed by atoms with Gasteiger partial charge < -0.3 is 20.4 Å². The summed E-state index contributed by atoms with van der Waals surface area (Å²) in [5, 5.41) is 36.7. The van der Waals surface area contributed by atoms with Crippen LogP contribution >= 0.6 is 0 Å².